The van der Waals surface area contributed by atoms with E-state index in [9.17, 15) is 9.50 Å². The molecule has 0 radical (unpaired) electrons. The maximum absolute atomic E-state index is 13.1. The molecule has 0 saturated heterocycles. The number of rotatable bonds is 6. The number of hydrogen-bond donors (Lipinski definition) is 3. The first kappa shape index (κ1) is 13.3. The van der Waals surface area contributed by atoms with E-state index in [1.165, 1.54) is 18.2 Å². The number of hydrogen-bond acceptors (Lipinski definition) is 3. The minimum Gasteiger partial charge on any atom is -0.508 e. The van der Waals surface area contributed by atoms with Gasteiger partial charge in [0, 0.05) is 24.8 Å². The molecule has 0 aromatic heterocycles. The third kappa shape index (κ3) is 3.00. The summed E-state index contributed by atoms with van der Waals surface area (Å²) < 4.78 is 13.1. The van der Waals surface area contributed by atoms with Gasteiger partial charge in [-0.1, -0.05) is 0 Å². The lowest BCUT2D eigenvalue weighted by Crippen LogP contribution is -2.27. The smallest absolute Gasteiger partial charge is 0.123 e. The molecular formula is C14H20FNO2. The van der Waals surface area contributed by atoms with Crippen LogP contribution < -0.4 is 5.32 Å². The van der Waals surface area contributed by atoms with Crippen molar-refractivity contribution in [3.05, 3.63) is 29.6 Å². The highest BCUT2D eigenvalue weighted by molar-refractivity contribution is 5.34. The summed E-state index contributed by atoms with van der Waals surface area (Å²) in [6, 6.07) is 3.89. The van der Waals surface area contributed by atoms with Gasteiger partial charge in [0.1, 0.15) is 11.6 Å². The summed E-state index contributed by atoms with van der Waals surface area (Å²) in [4.78, 5) is 0. The highest BCUT2D eigenvalue weighted by Gasteiger charge is 2.41. The zero-order chi connectivity index (χ0) is 13.2. The van der Waals surface area contributed by atoms with E-state index >= 15 is 0 Å². The zero-order valence-corrected chi connectivity index (χ0v) is 10.6. The van der Waals surface area contributed by atoms with Gasteiger partial charge in [0.25, 0.3) is 0 Å². The Labute approximate surface area is 107 Å². The van der Waals surface area contributed by atoms with Crippen LogP contribution >= 0.6 is 0 Å². The molecule has 18 heavy (non-hydrogen) atoms. The minimum atomic E-state index is -0.340. The Morgan fingerprint density at radius 1 is 1.44 bits per heavy atom. The molecule has 0 amide bonds. The van der Waals surface area contributed by atoms with Crippen LogP contribution in [0.5, 0.6) is 5.75 Å². The molecule has 0 spiro atoms. The molecule has 2 rings (SSSR count). The van der Waals surface area contributed by atoms with Gasteiger partial charge in [-0.2, -0.15) is 0 Å². The lowest BCUT2D eigenvalue weighted by atomic mass is 10.0. The lowest BCUT2D eigenvalue weighted by Gasteiger charge is -2.20. The van der Waals surface area contributed by atoms with Gasteiger partial charge in [-0.15, -0.1) is 0 Å². The van der Waals surface area contributed by atoms with Crippen LogP contribution in [0.15, 0.2) is 18.2 Å². The first-order valence-electron chi connectivity index (χ1n) is 6.39. The van der Waals surface area contributed by atoms with E-state index in [4.69, 9.17) is 5.11 Å². The lowest BCUT2D eigenvalue weighted by molar-refractivity contribution is 0.242. The van der Waals surface area contributed by atoms with Gasteiger partial charge in [-0.3, -0.25) is 0 Å². The van der Waals surface area contributed by atoms with Crippen molar-refractivity contribution in [3.63, 3.8) is 0 Å². The van der Waals surface area contributed by atoms with Crippen molar-refractivity contribution in [1.29, 1.82) is 0 Å². The molecule has 1 aliphatic carbocycles. The quantitative estimate of drug-likeness (QED) is 0.729. The molecule has 1 unspecified atom stereocenters. The second-order valence-corrected chi connectivity index (χ2v) is 5.28. The number of aromatic hydroxyl groups is 1. The Hall–Kier alpha value is -1.13. The predicted molar refractivity (Wildman–Crippen MR) is 67.9 cm³/mol. The van der Waals surface area contributed by atoms with E-state index in [-0.39, 0.29) is 29.6 Å². The second kappa shape index (κ2) is 5.24. The van der Waals surface area contributed by atoms with Crippen LogP contribution in [0.25, 0.3) is 0 Å². The SMILES string of the molecule is CC(NCC1(CCO)CC1)c1cc(F)ccc1O. The molecule has 1 saturated carbocycles. The number of halogens is 1. The Morgan fingerprint density at radius 3 is 2.78 bits per heavy atom. The van der Waals surface area contributed by atoms with E-state index in [0.29, 0.717) is 5.56 Å². The van der Waals surface area contributed by atoms with Crippen LogP contribution in [-0.2, 0) is 0 Å². The van der Waals surface area contributed by atoms with Gasteiger partial charge in [-0.05, 0) is 49.8 Å². The number of nitrogens with one attached hydrogen (secondary N) is 1. The Kier molecular flexibility index (Phi) is 3.88. The summed E-state index contributed by atoms with van der Waals surface area (Å²) in [6.45, 7) is 2.91. The first-order chi connectivity index (χ1) is 8.56. The van der Waals surface area contributed by atoms with Crippen molar-refractivity contribution in [2.75, 3.05) is 13.2 Å². The van der Waals surface area contributed by atoms with E-state index in [0.717, 1.165) is 25.8 Å². The van der Waals surface area contributed by atoms with Gasteiger partial charge >= 0.3 is 0 Å². The molecular weight excluding hydrogens is 233 g/mol. The van der Waals surface area contributed by atoms with Crippen molar-refractivity contribution in [1.82, 2.24) is 5.32 Å². The average Bonchev–Trinajstić information content (AvgIpc) is 3.10. The fraction of sp³-hybridized carbons (Fsp3) is 0.571. The van der Waals surface area contributed by atoms with E-state index in [1.807, 2.05) is 6.92 Å². The molecule has 4 heteroatoms. The van der Waals surface area contributed by atoms with Gasteiger partial charge in [-0.25, -0.2) is 4.39 Å². The maximum atomic E-state index is 13.1. The summed E-state index contributed by atoms with van der Waals surface area (Å²) in [5.74, 6) is -0.226. The van der Waals surface area contributed by atoms with Crippen molar-refractivity contribution < 1.29 is 14.6 Å². The van der Waals surface area contributed by atoms with Crippen LogP contribution in [0.4, 0.5) is 4.39 Å². The molecule has 0 aliphatic heterocycles. The largest absolute Gasteiger partial charge is 0.508 e. The van der Waals surface area contributed by atoms with Gasteiger partial charge in [0.15, 0.2) is 0 Å². The predicted octanol–water partition coefficient (Wildman–Crippen LogP) is 2.34. The molecule has 1 aromatic carbocycles. The third-order valence-electron chi connectivity index (χ3n) is 3.84. The average molecular weight is 253 g/mol. The number of aliphatic hydroxyl groups is 1. The van der Waals surface area contributed by atoms with Gasteiger partial charge in [0.05, 0.1) is 0 Å². The first-order valence-corrected chi connectivity index (χ1v) is 6.39. The number of aliphatic hydroxyl groups excluding tert-OH is 1. The summed E-state index contributed by atoms with van der Waals surface area (Å²) >= 11 is 0. The molecule has 100 valence electrons. The van der Waals surface area contributed by atoms with Crippen LogP contribution in [0.1, 0.15) is 37.8 Å². The molecule has 0 bridgehead atoms. The molecule has 3 nitrogen and oxygen atoms in total. The topological polar surface area (TPSA) is 52.5 Å². The van der Waals surface area contributed by atoms with Crippen molar-refractivity contribution in [2.24, 2.45) is 5.41 Å². The number of phenolic OH excluding ortho intramolecular Hbond substituents is 1. The van der Waals surface area contributed by atoms with Crippen molar-refractivity contribution >= 4 is 0 Å². The maximum Gasteiger partial charge on any atom is 0.123 e. The van der Waals surface area contributed by atoms with Gasteiger partial charge < -0.3 is 15.5 Å². The molecule has 1 fully saturated rings. The van der Waals surface area contributed by atoms with Crippen molar-refractivity contribution in [3.8, 4) is 5.75 Å². The van der Waals surface area contributed by atoms with E-state index < -0.39 is 0 Å². The zero-order valence-electron chi connectivity index (χ0n) is 10.6. The molecule has 1 aliphatic rings. The van der Waals surface area contributed by atoms with Crippen LogP contribution in [0.3, 0.4) is 0 Å². The Morgan fingerprint density at radius 2 is 2.17 bits per heavy atom. The summed E-state index contributed by atoms with van der Waals surface area (Å²) in [5, 5.41) is 22.0. The fourth-order valence-electron chi connectivity index (χ4n) is 2.28. The van der Waals surface area contributed by atoms with Crippen LogP contribution in [0, 0.1) is 11.2 Å². The summed E-state index contributed by atoms with van der Waals surface area (Å²) in [7, 11) is 0. The summed E-state index contributed by atoms with van der Waals surface area (Å²) in [5.41, 5.74) is 0.793. The Balaban J connectivity index is 1.95. The third-order valence-corrected chi connectivity index (χ3v) is 3.84. The highest BCUT2D eigenvalue weighted by atomic mass is 19.1. The molecule has 3 N–H and O–H groups in total. The molecule has 1 atom stereocenters. The van der Waals surface area contributed by atoms with E-state index in [1.54, 1.807) is 0 Å². The minimum absolute atomic E-state index is 0.100. The second-order valence-electron chi connectivity index (χ2n) is 5.28. The van der Waals surface area contributed by atoms with E-state index in [2.05, 4.69) is 5.32 Å². The standard InChI is InChI=1S/C14H20FNO2/c1-10(12-8-11(15)2-3-13(12)18)16-9-14(4-5-14)6-7-17/h2-3,8,10,16-18H,4-7,9H2,1H3. The summed E-state index contributed by atoms with van der Waals surface area (Å²) in [6.07, 6.45) is 3.06. The van der Waals surface area contributed by atoms with Crippen LogP contribution in [-0.4, -0.2) is 23.4 Å². The monoisotopic (exact) mass is 253 g/mol. The fourth-order valence-corrected chi connectivity index (χ4v) is 2.28. The normalized spacial score (nSPS) is 18.6. The van der Waals surface area contributed by atoms with Crippen LogP contribution in [0.2, 0.25) is 0 Å². The number of phenols is 1. The molecule has 1 aromatic rings. The van der Waals surface area contributed by atoms with Crippen molar-refractivity contribution in [2.45, 2.75) is 32.2 Å². The number of benzene rings is 1. The van der Waals surface area contributed by atoms with Gasteiger partial charge in [0.2, 0.25) is 0 Å². The molecule has 0 heterocycles. The highest BCUT2D eigenvalue weighted by Crippen LogP contribution is 2.48. The Bertz CT molecular complexity index is 418.